The van der Waals surface area contributed by atoms with E-state index in [1.165, 1.54) is 0 Å². The normalized spacial score (nSPS) is 13.1. The van der Waals surface area contributed by atoms with E-state index in [0.29, 0.717) is 6.54 Å². The molecule has 1 atom stereocenters. The van der Waals surface area contributed by atoms with Crippen LogP contribution in [0.2, 0.25) is 0 Å². The molecule has 1 rings (SSSR count). The first-order valence-corrected chi connectivity index (χ1v) is 5.49. The third-order valence-electron chi connectivity index (χ3n) is 2.39. The Morgan fingerprint density at radius 2 is 2.06 bits per heavy atom. The number of likely N-dealkylation sites (N-methyl/N-ethyl adjacent to an activating group) is 1. The van der Waals surface area contributed by atoms with Crippen LogP contribution in [-0.2, 0) is 0 Å². The minimum atomic E-state index is -1.03. The Balaban J connectivity index is 2.46. The Morgan fingerprint density at radius 1 is 1.35 bits per heavy atom. The molecule has 17 heavy (non-hydrogen) atoms. The molecule has 0 radical (unpaired) electrons. The lowest BCUT2D eigenvalue weighted by Gasteiger charge is -2.14. The van der Waals surface area contributed by atoms with E-state index in [-0.39, 0.29) is 12.1 Å². The van der Waals surface area contributed by atoms with E-state index in [1.54, 1.807) is 0 Å². The van der Waals surface area contributed by atoms with Gasteiger partial charge in [-0.2, -0.15) is 0 Å². The smallest absolute Gasteiger partial charge is 0.129 e. The largest absolute Gasteiger partial charge is 0.387 e. The second kappa shape index (κ2) is 6.64. The van der Waals surface area contributed by atoms with Crippen molar-refractivity contribution in [2.24, 2.45) is 0 Å². The van der Waals surface area contributed by atoms with Crippen LogP contribution in [0.25, 0.3) is 0 Å². The van der Waals surface area contributed by atoms with Crippen molar-refractivity contribution in [3.8, 4) is 0 Å². The highest BCUT2D eigenvalue weighted by Crippen LogP contribution is 2.17. The lowest BCUT2D eigenvalue weighted by Crippen LogP contribution is -2.30. The number of aliphatic hydroxyl groups is 1. The van der Waals surface area contributed by atoms with Gasteiger partial charge in [0.05, 0.1) is 6.10 Å². The first kappa shape index (κ1) is 14.0. The van der Waals surface area contributed by atoms with Crippen LogP contribution in [0.15, 0.2) is 18.2 Å². The van der Waals surface area contributed by atoms with Crippen molar-refractivity contribution < 1.29 is 13.9 Å². The zero-order valence-corrected chi connectivity index (χ0v) is 10.1. The highest BCUT2D eigenvalue weighted by molar-refractivity contribution is 5.21. The predicted octanol–water partition coefficient (Wildman–Crippen LogP) is 1.15. The zero-order chi connectivity index (χ0) is 12.8. The fraction of sp³-hybridized carbons (Fsp3) is 0.500. The average molecular weight is 244 g/mol. The van der Waals surface area contributed by atoms with Crippen LogP contribution in [0.1, 0.15) is 11.7 Å². The van der Waals surface area contributed by atoms with Crippen molar-refractivity contribution in [3.05, 3.63) is 35.4 Å². The van der Waals surface area contributed by atoms with Gasteiger partial charge in [-0.25, -0.2) is 8.78 Å². The highest BCUT2D eigenvalue weighted by Gasteiger charge is 2.13. The molecule has 0 bridgehead atoms. The fourth-order valence-corrected chi connectivity index (χ4v) is 1.42. The van der Waals surface area contributed by atoms with E-state index in [4.69, 9.17) is 0 Å². The molecule has 1 unspecified atom stereocenters. The van der Waals surface area contributed by atoms with Gasteiger partial charge in [0.2, 0.25) is 0 Å². The maximum absolute atomic E-state index is 13.3. The Hall–Kier alpha value is -1.04. The SMILES string of the molecule is CN(C)CCNCC(O)c1cc(F)ccc1F. The number of nitrogens with one attached hydrogen (secondary N) is 1. The monoisotopic (exact) mass is 244 g/mol. The summed E-state index contributed by atoms with van der Waals surface area (Å²) in [5.41, 5.74) is -0.0117. The number of halogens is 2. The molecule has 0 heterocycles. The first-order valence-electron chi connectivity index (χ1n) is 5.49. The fourth-order valence-electron chi connectivity index (χ4n) is 1.42. The summed E-state index contributed by atoms with van der Waals surface area (Å²) in [6.07, 6.45) is -1.03. The van der Waals surface area contributed by atoms with Crippen molar-refractivity contribution in [2.75, 3.05) is 33.7 Å². The summed E-state index contributed by atoms with van der Waals surface area (Å²) in [5.74, 6) is -1.14. The number of benzene rings is 1. The topological polar surface area (TPSA) is 35.5 Å². The third-order valence-corrected chi connectivity index (χ3v) is 2.39. The van der Waals surface area contributed by atoms with Gasteiger partial charge in [0.15, 0.2) is 0 Å². The number of hydrogen-bond acceptors (Lipinski definition) is 3. The number of aliphatic hydroxyl groups excluding tert-OH is 1. The second-order valence-electron chi connectivity index (χ2n) is 4.19. The minimum Gasteiger partial charge on any atom is -0.387 e. The van der Waals surface area contributed by atoms with E-state index in [2.05, 4.69) is 5.32 Å². The molecule has 0 aliphatic rings. The van der Waals surface area contributed by atoms with Gasteiger partial charge in [-0.1, -0.05) is 0 Å². The van der Waals surface area contributed by atoms with Crippen LogP contribution < -0.4 is 5.32 Å². The summed E-state index contributed by atoms with van der Waals surface area (Å²) >= 11 is 0. The summed E-state index contributed by atoms with van der Waals surface area (Å²) < 4.78 is 26.2. The quantitative estimate of drug-likeness (QED) is 0.737. The molecule has 96 valence electrons. The molecule has 0 spiro atoms. The molecule has 0 fully saturated rings. The lowest BCUT2D eigenvalue weighted by molar-refractivity contribution is 0.168. The van der Waals surface area contributed by atoms with Crippen molar-refractivity contribution in [1.29, 1.82) is 0 Å². The summed E-state index contributed by atoms with van der Waals surface area (Å²) in [7, 11) is 3.87. The molecule has 0 saturated heterocycles. The number of rotatable bonds is 6. The van der Waals surface area contributed by atoms with Gasteiger partial charge in [0.25, 0.3) is 0 Å². The standard InChI is InChI=1S/C12H18F2N2O/c1-16(2)6-5-15-8-12(17)10-7-9(13)3-4-11(10)14/h3-4,7,12,15,17H,5-6,8H2,1-2H3. The molecular formula is C12H18F2N2O. The first-order chi connectivity index (χ1) is 8.00. The Kier molecular flexibility index (Phi) is 5.47. The molecular weight excluding hydrogens is 226 g/mol. The lowest BCUT2D eigenvalue weighted by atomic mass is 10.1. The van der Waals surface area contributed by atoms with Gasteiger partial charge in [0.1, 0.15) is 11.6 Å². The van der Waals surface area contributed by atoms with Crippen molar-refractivity contribution in [2.45, 2.75) is 6.10 Å². The van der Waals surface area contributed by atoms with E-state index in [9.17, 15) is 13.9 Å². The van der Waals surface area contributed by atoms with Gasteiger partial charge < -0.3 is 15.3 Å². The Labute approximate surface area is 100 Å². The van der Waals surface area contributed by atoms with Crippen LogP contribution in [0, 0.1) is 11.6 Å². The maximum atomic E-state index is 13.3. The van der Waals surface area contributed by atoms with Gasteiger partial charge in [-0.15, -0.1) is 0 Å². The van der Waals surface area contributed by atoms with Gasteiger partial charge in [-0.05, 0) is 32.3 Å². The van der Waals surface area contributed by atoms with Crippen molar-refractivity contribution >= 4 is 0 Å². The van der Waals surface area contributed by atoms with Crippen molar-refractivity contribution in [3.63, 3.8) is 0 Å². The van der Waals surface area contributed by atoms with Crippen LogP contribution in [-0.4, -0.2) is 43.7 Å². The van der Waals surface area contributed by atoms with Crippen LogP contribution in [0.5, 0.6) is 0 Å². The Morgan fingerprint density at radius 3 is 2.71 bits per heavy atom. The molecule has 0 aromatic heterocycles. The van der Waals surface area contributed by atoms with Crippen molar-refractivity contribution in [1.82, 2.24) is 10.2 Å². The predicted molar refractivity (Wildman–Crippen MR) is 62.7 cm³/mol. The molecule has 5 heteroatoms. The molecule has 0 saturated carbocycles. The number of hydrogen-bond donors (Lipinski definition) is 2. The van der Waals surface area contributed by atoms with E-state index < -0.39 is 17.7 Å². The minimum absolute atomic E-state index is 0.0117. The summed E-state index contributed by atoms with van der Waals surface area (Å²) in [6.45, 7) is 1.70. The molecule has 1 aromatic rings. The molecule has 2 N–H and O–H groups in total. The molecule has 0 amide bonds. The van der Waals surface area contributed by atoms with Gasteiger partial charge in [-0.3, -0.25) is 0 Å². The van der Waals surface area contributed by atoms with Crippen LogP contribution in [0.4, 0.5) is 8.78 Å². The second-order valence-corrected chi connectivity index (χ2v) is 4.19. The summed E-state index contributed by atoms with van der Waals surface area (Å²) in [4.78, 5) is 1.99. The van der Waals surface area contributed by atoms with Crippen LogP contribution >= 0.6 is 0 Å². The average Bonchev–Trinajstić information content (AvgIpc) is 2.27. The van der Waals surface area contributed by atoms with E-state index in [0.717, 1.165) is 24.7 Å². The maximum Gasteiger partial charge on any atom is 0.129 e. The van der Waals surface area contributed by atoms with E-state index in [1.807, 2.05) is 19.0 Å². The number of nitrogens with zero attached hydrogens (tertiary/aromatic N) is 1. The van der Waals surface area contributed by atoms with E-state index >= 15 is 0 Å². The third kappa shape index (κ3) is 4.77. The van der Waals surface area contributed by atoms with Gasteiger partial charge in [0, 0.05) is 25.2 Å². The molecule has 0 aliphatic heterocycles. The summed E-state index contributed by atoms with van der Waals surface area (Å²) in [6, 6.07) is 3.08. The molecule has 3 nitrogen and oxygen atoms in total. The van der Waals surface area contributed by atoms with Gasteiger partial charge >= 0.3 is 0 Å². The molecule has 0 aliphatic carbocycles. The molecule has 1 aromatic carbocycles. The Bertz CT molecular complexity index is 358. The summed E-state index contributed by atoms with van der Waals surface area (Å²) in [5, 5.41) is 12.7. The zero-order valence-electron chi connectivity index (χ0n) is 10.1. The van der Waals surface area contributed by atoms with Crippen LogP contribution in [0.3, 0.4) is 0 Å². The highest BCUT2D eigenvalue weighted by atomic mass is 19.1.